The number of thiophene rings is 1. The van der Waals surface area contributed by atoms with Crippen LogP contribution in [0.15, 0.2) is 12.1 Å². The van der Waals surface area contributed by atoms with Crippen molar-refractivity contribution in [3.05, 3.63) is 21.9 Å². The molecule has 0 bridgehead atoms. The molecule has 0 aromatic carbocycles. The largest absolute Gasteiger partial charge is 0.316 e. The first-order chi connectivity index (χ1) is 7.43. The van der Waals surface area contributed by atoms with Crippen molar-refractivity contribution in [3.8, 4) is 0 Å². The van der Waals surface area contributed by atoms with Gasteiger partial charge in [-0.05, 0) is 43.9 Å². The van der Waals surface area contributed by atoms with Crippen LogP contribution in [0, 0.1) is 0 Å². The predicted octanol–water partition coefficient (Wildman–Crippen LogP) is 3.48. The maximum absolute atomic E-state index is 3.46. The Balaban J connectivity index is 1.74. The average Bonchev–Trinajstić information content (AvgIpc) is 3.02. The van der Waals surface area contributed by atoms with Gasteiger partial charge in [0.1, 0.15) is 0 Å². The van der Waals surface area contributed by atoms with Crippen LogP contribution in [-0.4, -0.2) is 13.1 Å². The van der Waals surface area contributed by atoms with Crippen LogP contribution >= 0.6 is 11.3 Å². The molecule has 0 spiro atoms. The first-order valence-electron chi connectivity index (χ1n) is 6.24. The van der Waals surface area contributed by atoms with Crippen LogP contribution in [0.5, 0.6) is 0 Å². The van der Waals surface area contributed by atoms with Gasteiger partial charge in [-0.3, -0.25) is 0 Å². The van der Waals surface area contributed by atoms with Gasteiger partial charge in [-0.15, -0.1) is 11.3 Å². The van der Waals surface area contributed by atoms with Crippen LogP contribution in [-0.2, 0) is 0 Å². The van der Waals surface area contributed by atoms with Crippen molar-refractivity contribution >= 4 is 11.3 Å². The molecule has 1 nitrogen and oxygen atoms in total. The molecule has 82 valence electrons. The number of hydrogen-bond acceptors (Lipinski definition) is 2. The standard InChI is InChI=1S/C13H19NS/c1-2-4-10(3-1)12-5-6-13(15-12)11-7-8-14-9-11/h5-6,10-11,14H,1-4,7-9H2. The molecule has 2 fully saturated rings. The van der Waals surface area contributed by atoms with E-state index < -0.39 is 0 Å². The van der Waals surface area contributed by atoms with Crippen molar-refractivity contribution in [2.75, 3.05) is 13.1 Å². The summed E-state index contributed by atoms with van der Waals surface area (Å²) in [6, 6.07) is 4.78. The predicted molar refractivity (Wildman–Crippen MR) is 65.8 cm³/mol. The molecule has 1 aliphatic heterocycles. The van der Waals surface area contributed by atoms with E-state index in [-0.39, 0.29) is 0 Å². The number of rotatable bonds is 2. The van der Waals surface area contributed by atoms with E-state index >= 15 is 0 Å². The maximum atomic E-state index is 3.46. The first-order valence-corrected chi connectivity index (χ1v) is 7.05. The lowest BCUT2D eigenvalue weighted by Crippen LogP contribution is -2.07. The third-order valence-electron chi connectivity index (χ3n) is 3.87. The Hall–Kier alpha value is -0.340. The minimum atomic E-state index is 0.810. The first kappa shape index (κ1) is 9.86. The number of hydrogen-bond donors (Lipinski definition) is 1. The molecule has 1 aliphatic carbocycles. The van der Waals surface area contributed by atoms with E-state index in [0.717, 1.165) is 11.8 Å². The molecule has 1 aromatic rings. The molecular formula is C13H19NS. The fraction of sp³-hybridized carbons (Fsp3) is 0.692. The van der Waals surface area contributed by atoms with E-state index in [1.54, 1.807) is 9.75 Å². The average molecular weight is 221 g/mol. The van der Waals surface area contributed by atoms with Gasteiger partial charge in [0.2, 0.25) is 0 Å². The molecule has 1 saturated carbocycles. The summed E-state index contributed by atoms with van der Waals surface area (Å²) in [5.74, 6) is 1.71. The lowest BCUT2D eigenvalue weighted by molar-refractivity contribution is 0.738. The van der Waals surface area contributed by atoms with Crippen molar-refractivity contribution in [1.82, 2.24) is 5.32 Å². The van der Waals surface area contributed by atoms with E-state index in [1.807, 2.05) is 0 Å². The summed E-state index contributed by atoms with van der Waals surface area (Å²) in [6.45, 7) is 2.41. The van der Waals surface area contributed by atoms with Crippen LogP contribution in [0.4, 0.5) is 0 Å². The molecule has 1 atom stereocenters. The van der Waals surface area contributed by atoms with Crippen LogP contribution < -0.4 is 5.32 Å². The highest BCUT2D eigenvalue weighted by molar-refractivity contribution is 7.12. The van der Waals surface area contributed by atoms with E-state index in [0.29, 0.717) is 0 Å². The fourth-order valence-electron chi connectivity index (χ4n) is 2.92. The van der Waals surface area contributed by atoms with Crippen molar-refractivity contribution in [2.24, 2.45) is 0 Å². The fourth-order valence-corrected chi connectivity index (χ4v) is 4.23. The Labute approximate surface area is 95.9 Å². The van der Waals surface area contributed by atoms with E-state index in [9.17, 15) is 0 Å². The molecule has 0 amide bonds. The smallest absolute Gasteiger partial charge is 0.00923 e. The molecule has 1 N–H and O–H groups in total. The van der Waals surface area contributed by atoms with Gasteiger partial charge in [0.25, 0.3) is 0 Å². The third-order valence-corrected chi connectivity index (χ3v) is 5.28. The van der Waals surface area contributed by atoms with Crippen LogP contribution in [0.2, 0.25) is 0 Å². The molecule has 2 aliphatic rings. The molecule has 3 rings (SSSR count). The molecule has 15 heavy (non-hydrogen) atoms. The highest BCUT2D eigenvalue weighted by atomic mass is 32.1. The summed E-state index contributed by atoms with van der Waals surface area (Å²) < 4.78 is 0. The summed E-state index contributed by atoms with van der Waals surface area (Å²) in [5.41, 5.74) is 0. The molecular weight excluding hydrogens is 202 g/mol. The van der Waals surface area contributed by atoms with Gasteiger partial charge in [0.15, 0.2) is 0 Å². The Kier molecular flexibility index (Phi) is 2.80. The van der Waals surface area contributed by atoms with Crippen LogP contribution in [0.1, 0.15) is 53.7 Å². The summed E-state index contributed by atoms with van der Waals surface area (Å²) >= 11 is 2.09. The molecule has 2 heteroatoms. The second-order valence-electron chi connectivity index (χ2n) is 4.91. The second kappa shape index (κ2) is 4.26. The Bertz CT molecular complexity index is 289. The van der Waals surface area contributed by atoms with Gasteiger partial charge >= 0.3 is 0 Å². The lowest BCUT2D eigenvalue weighted by Gasteiger charge is -2.06. The molecule has 1 aromatic heterocycles. The highest BCUT2D eigenvalue weighted by Gasteiger charge is 2.22. The lowest BCUT2D eigenvalue weighted by atomic mass is 10.1. The van der Waals surface area contributed by atoms with Gasteiger partial charge in [-0.1, -0.05) is 12.8 Å². The zero-order valence-corrected chi connectivity index (χ0v) is 9.98. The van der Waals surface area contributed by atoms with E-state index in [1.165, 1.54) is 45.2 Å². The Morgan fingerprint density at radius 1 is 1.00 bits per heavy atom. The molecule has 1 unspecified atom stereocenters. The van der Waals surface area contributed by atoms with Gasteiger partial charge in [-0.2, -0.15) is 0 Å². The molecule has 2 heterocycles. The van der Waals surface area contributed by atoms with Gasteiger partial charge in [0.05, 0.1) is 0 Å². The quantitative estimate of drug-likeness (QED) is 0.806. The summed E-state index contributed by atoms with van der Waals surface area (Å²) in [4.78, 5) is 3.29. The minimum Gasteiger partial charge on any atom is -0.316 e. The topological polar surface area (TPSA) is 12.0 Å². The normalized spacial score (nSPS) is 27.6. The second-order valence-corrected chi connectivity index (χ2v) is 6.06. The zero-order valence-electron chi connectivity index (χ0n) is 9.17. The van der Waals surface area contributed by atoms with E-state index in [4.69, 9.17) is 0 Å². The summed E-state index contributed by atoms with van der Waals surface area (Å²) in [6.07, 6.45) is 7.10. The van der Waals surface area contributed by atoms with Crippen molar-refractivity contribution in [1.29, 1.82) is 0 Å². The van der Waals surface area contributed by atoms with Crippen LogP contribution in [0.25, 0.3) is 0 Å². The summed E-state index contributed by atoms with van der Waals surface area (Å²) in [5, 5.41) is 3.46. The molecule has 0 radical (unpaired) electrons. The number of nitrogens with one attached hydrogen (secondary N) is 1. The van der Waals surface area contributed by atoms with Crippen molar-refractivity contribution < 1.29 is 0 Å². The Morgan fingerprint density at radius 2 is 1.73 bits per heavy atom. The van der Waals surface area contributed by atoms with E-state index in [2.05, 4.69) is 28.8 Å². The SMILES string of the molecule is c1cc(C2CCNC2)sc1C1CCCC1. The Morgan fingerprint density at radius 3 is 2.40 bits per heavy atom. The minimum absolute atomic E-state index is 0.810. The van der Waals surface area contributed by atoms with Crippen LogP contribution in [0.3, 0.4) is 0 Å². The van der Waals surface area contributed by atoms with Gasteiger partial charge < -0.3 is 5.32 Å². The monoisotopic (exact) mass is 221 g/mol. The summed E-state index contributed by atoms with van der Waals surface area (Å²) in [7, 11) is 0. The van der Waals surface area contributed by atoms with Gasteiger partial charge in [-0.25, -0.2) is 0 Å². The zero-order chi connectivity index (χ0) is 10.1. The van der Waals surface area contributed by atoms with Crippen molar-refractivity contribution in [3.63, 3.8) is 0 Å². The maximum Gasteiger partial charge on any atom is 0.00923 e. The molecule has 1 saturated heterocycles. The van der Waals surface area contributed by atoms with Gasteiger partial charge in [0, 0.05) is 22.2 Å². The highest BCUT2D eigenvalue weighted by Crippen LogP contribution is 2.39. The van der Waals surface area contributed by atoms with Crippen molar-refractivity contribution in [2.45, 2.75) is 43.9 Å². The third kappa shape index (κ3) is 1.98.